The van der Waals surface area contributed by atoms with Gasteiger partial charge in [0.25, 0.3) is 5.91 Å². The number of aryl methyl sites for hydroxylation is 1. The lowest BCUT2D eigenvalue weighted by Crippen LogP contribution is -2.42. The van der Waals surface area contributed by atoms with Gasteiger partial charge in [-0.3, -0.25) is 9.69 Å². The van der Waals surface area contributed by atoms with Crippen LogP contribution < -0.4 is 5.32 Å². The van der Waals surface area contributed by atoms with Gasteiger partial charge in [0.2, 0.25) is 0 Å². The average Bonchev–Trinajstić information content (AvgIpc) is 3.28. The molecule has 3 heterocycles. The maximum absolute atomic E-state index is 12.8. The second-order valence-electron chi connectivity index (χ2n) is 7.21. The standard InChI is InChI=1S/C20H25N5O/c1-24-10-4-6-15(19(24)17-12-21-13-25(17)2)11-23-20(26)16-7-3-5-14-8-9-22-18(14)16/h3,5,7-9,12-13,15,19,22H,4,6,10-11H2,1-2H3,(H,23,26)/t15-,19+/m0/s1. The number of benzene rings is 1. The number of rotatable bonds is 4. The topological polar surface area (TPSA) is 66.0 Å². The number of fused-ring (bicyclic) bond motifs is 1. The number of hydrogen-bond acceptors (Lipinski definition) is 3. The number of likely N-dealkylation sites (tertiary alicyclic amines) is 1. The van der Waals surface area contributed by atoms with Crippen LogP contribution in [0.4, 0.5) is 0 Å². The largest absolute Gasteiger partial charge is 0.361 e. The van der Waals surface area contributed by atoms with E-state index >= 15 is 0 Å². The van der Waals surface area contributed by atoms with Crippen molar-refractivity contribution in [2.45, 2.75) is 18.9 Å². The number of nitrogens with zero attached hydrogens (tertiary/aromatic N) is 3. The first-order chi connectivity index (χ1) is 12.6. The van der Waals surface area contributed by atoms with E-state index in [1.165, 1.54) is 5.69 Å². The SMILES string of the molecule is CN1CCC[C@@H](CNC(=O)c2cccc3cc[nH]c23)[C@@H]1c1cncn1C. The highest BCUT2D eigenvalue weighted by atomic mass is 16.1. The summed E-state index contributed by atoms with van der Waals surface area (Å²) in [5.74, 6) is 0.353. The maximum atomic E-state index is 12.8. The van der Waals surface area contributed by atoms with E-state index in [0.29, 0.717) is 18.0 Å². The Morgan fingerprint density at radius 2 is 2.23 bits per heavy atom. The van der Waals surface area contributed by atoms with Gasteiger partial charge in [0.1, 0.15) is 0 Å². The molecule has 0 aliphatic carbocycles. The fourth-order valence-electron chi connectivity index (χ4n) is 4.19. The number of carbonyl (C=O) groups is 1. The molecule has 2 N–H and O–H groups in total. The third-order valence-electron chi connectivity index (χ3n) is 5.52. The van der Waals surface area contributed by atoms with Gasteiger partial charge >= 0.3 is 0 Å². The summed E-state index contributed by atoms with van der Waals surface area (Å²) >= 11 is 0. The first-order valence-corrected chi connectivity index (χ1v) is 9.16. The van der Waals surface area contributed by atoms with E-state index < -0.39 is 0 Å². The Morgan fingerprint density at radius 1 is 1.35 bits per heavy atom. The first kappa shape index (κ1) is 16.8. The number of carbonyl (C=O) groups excluding carboxylic acids is 1. The van der Waals surface area contributed by atoms with Crippen molar-refractivity contribution in [3.63, 3.8) is 0 Å². The first-order valence-electron chi connectivity index (χ1n) is 9.16. The number of aromatic amines is 1. The minimum absolute atomic E-state index is 0.0185. The molecule has 1 aliphatic heterocycles. The predicted molar refractivity (Wildman–Crippen MR) is 102 cm³/mol. The Balaban J connectivity index is 1.51. The quantitative estimate of drug-likeness (QED) is 0.759. The lowest BCUT2D eigenvalue weighted by Gasteiger charge is -2.39. The molecule has 1 aromatic carbocycles. The molecule has 0 bridgehead atoms. The van der Waals surface area contributed by atoms with Crippen molar-refractivity contribution in [3.8, 4) is 0 Å². The van der Waals surface area contributed by atoms with Gasteiger partial charge in [-0.25, -0.2) is 4.98 Å². The van der Waals surface area contributed by atoms with Crippen LogP contribution in [-0.2, 0) is 7.05 Å². The lowest BCUT2D eigenvalue weighted by atomic mass is 9.87. The number of para-hydroxylation sites is 1. The van der Waals surface area contributed by atoms with E-state index in [2.05, 4.69) is 31.8 Å². The minimum Gasteiger partial charge on any atom is -0.361 e. The summed E-state index contributed by atoms with van der Waals surface area (Å²) in [4.78, 5) is 22.6. The van der Waals surface area contributed by atoms with Gasteiger partial charge in [0.05, 0.1) is 29.1 Å². The van der Waals surface area contributed by atoms with Crippen LogP contribution >= 0.6 is 0 Å². The molecule has 2 atom stereocenters. The summed E-state index contributed by atoms with van der Waals surface area (Å²) in [6, 6.07) is 8.08. The summed E-state index contributed by atoms with van der Waals surface area (Å²) in [5, 5.41) is 4.23. The van der Waals surface area contributed by atoms with Crippen molar-refractivity contribution in [3.05, 3.63) is 54.2 Å². The molecule has 6 nitrogen and oxygen atoms in total. The number of H-pyrrole nitrogens is 1. The number of amides is 1. The second-order valence-corrected chi connectivity index (χ2v) is 7.21. The van der Waals surface area contributed by atoms with E-state index in [9.17, 15) is 4.79 Å². The highest BCUT2D eigenvalue weighted by molar-refractivity contribution is 6.05. The molecule has 0 radical (unpaired) electrons. The van der Waals surface area contributed by atoms with Crippen LogP contribution in [0.15, 0.2) is 43.0 Å². The Morgan fingerprint density at radius 3 is 3.04 bits per heavy atom. The lowest BCUT2D eigenvalue weighted by molar-refractivity contribution is 0.0883. The molecule has 1 amide bonds. The second kappa shape index (κ2) is 6.96. The van der Waals surface area contributed by atoms with Crippen molar-refractivity contribution in [1.29, 1.82) is 0 Å². The Bertz CT molecular complexity index is 912. The third kappa shape index (κ3) is 3.01. The molecular weight excluding hydrogens is 326 g/mol. The number of piperidine rings is 1. The Hall–Kier alpha value is -2.60. The summed E-state index contributed by atoms with van der Waals surface area (Å²) in [5.41, 5.74) is 2.81. The van der Waals surface area contributed by atoms with Crippen LogP contribution in [-0.4, -0.2) is 45.5 Å². The number of aromatic nitrogens is 3. The van der Waals surface area contributed by atoms with Gasteiger partial charge in [-0.05, 0) is 44.5 Å². The van der Waals surface area contributed by atoms with E-state index in [1.54, 1.807) is 0 Å². The smallest absolute Gasteiger partial charge is 0.253 e. The molecule has 0 unspecified atom stereocenters. The van der Waals surface area contributed by atoms with Crippen LogP contribution in [0.25, 0.3) is 10.9 Å². The van der Waals surface area contributed by atoms with Crippen molar-refractivity contribution >= 4 is 16.8 Å². The minimum atomic E-state index is -0.0185. The molecule has 26 heavy (non-hydrogen) atoms. The fourth-order valence-corrected chi connectivity index (χ4v) is 4.19. The molecule has 6 heteroatoms. The molecule has 1 saturated heterocycles. The zero-order valence-corrected chi connectivity index (χ0v) is 15.3. The summed E-state index contributed by atoms with van der Waals surface area (Å²) in [7, 11) is 4.19. The van der Waals surface area contributed by atoms with E-state index in [-0.39, 0.29) is 11.9 Å². The van der Waals surface area contributed by atoms with Crippen molar-refractivity contribution in [1.82, 2.24) is 24.8 Å². The highest BCUT2D eigenvalue weighted by Gasteiger charge is 2.32. The molecule has 1 aliphatic rings. The van der Waals surface area contributed by atoms with Crippen molar-refractivity contribution < 1.29 is 4.79 Å². The van der Waals surface area contributed by atoms with Crippen LogP contribution in [0, 0.1) is 5.92 Å². The molecule has 2 aromatic heterocycles. The van der Waals surface area contributed by atoms with Crippen LogP contribution in [0.5, 0.6) is 0 Å². The van der Waals surface area contributed by atoms with E-state index in [1.807, 2.05) is 50.0 Å². The molecule has 4 rings (SSSR count). The average molecular weight is 351 g/mol. The summed E-state index contributed by atoms with van der Waals surface area (Å²) in [6.45, 7) is 1.73. The van der Waals surface area contributed by atoms with Crippen molar-refractivity contribution in [2.75, 3.05) is 20.1 Å². The highest BCUT2D eigenvalue weighted by Crippen LogP contribution is 2.34. The summed E-state index contributed by atoms with van der Waals surface area (Å²) in [6.07, 6.45) is 7.92. The molecule has 0 saturated carbocycles. The zero-order chi connectivity index (χ0) is 18.1. The molecule has 1 fully saturated rings. The van der Waals surface area contributed by atoms with E-state index in [0.717, 1.165) is 30.3 Å². The van der Waals surface area contributed by atoms with Gasteiger partial charge in [-0.15, -0.1) is 0 Å². The number of nitrogens with one attached hydrogen (secondary N) is 2. The van der Waals surface area contributed by atoms with Gasteiger partial charge < -0.3 is 14.9 Å². The predicted octanol–water partition coefficient (Wildman–Crippen LogP) is 2.71. The summed E-state index contributed by atoms with van der Waals surface area (Å²) < 4.78 is 2.08. The normalized spacial score (nSPS) is 21.2. The number of imidazole rings is 1. The third-order valence-corrected chi connectivity index (χ3v) is 5.52. The van der Waals surface area contributed by atoms with Crippen LogP contribution in [0.1, 0.15) is 34.9 Å². The van der Waals surface area contributed by atoms with Crippen molar-refractivity contribution in [2.24, 2.45) is 13.0 Å². The van der Waals surface area contributed by atoms with Gasteiger partial charge in [0, 0.05) is 31.4 Å². The fraction of sp³-hybridized carbons (Fsp3) is 0.400. The zero-order valence-electron chi connectivity index (χ0n) is 15.3. The van der Waals surface area contributed by atoms with Gasteiger partial charge in [-0.1, -0.05) is 12.1 Å². The van der Waals surface area contributed by atoms with Gasteiger partial charge in [0.15, 0.2) is 0 Å². The van der Waals surface area contributed by atoms with Gasteiger partial charge in [-0.2, -0.15) is 0 Å². The molecule has 3 aromatic rings. The Kier molecular flexibility index (Phi) is 4.51. The van der Waals surface area contributed by atoms with E-state index in [4.69, 9.17) is 0 Å². The molecule has 0 spiro atoms. The molecule has 136 valence electrons. The van der Waals surface area contributed by atoms with Crippen LogP contribution in [0.2, 0.25) is 0 Å². The number of hydrogen-bond donors (Lipinski definition) is 2. The molecular formula is C20H25N5O. The van der Waals surface area contributed by atoms with Crippen LogP contribution in [0.3, 0.4) is 0 Å². The maximum Gasteiger partial charge on any atom is 0.253 e. The Labute approximate surface area is 153 Å². The monoisotopic (exact) mass is 351 g/mol.